The van der Waals surface area contributed by atoms with Crippen LogP contribution in [0.5, 0.6) is 0 Å². The van der Waals surface area contributed by atoms with E-state index in [1.807, 2.05) is 0 Å². The SMILES string of the molecule is CCCc1ccc2nc(N3CCN4CCCCC4C3)ccc2c1. The molecule has 2 fully saturated rings. The van der Waals surface area contributed by atoms with Crippen LogP contribution in [0.2, 0.25) is 0 Å². The first kappa shape index (κ1) is 14.9. The van der Waals surface area contributed by atoms with Crippen molar-refractivity contribution in [1.82, 2.24) is 9.88 Å². The Hall–Kier alpha value is -1.61. The van der Waals surface area contributed by atoms with Gasteiger partial charge in [-0.15, -0.1) is 0 Å². The van der Waals surface area contributed by atoms with Gasteiger partial charge in [-0.3, -0.25) is 4.90 Å². The molecule has 0 spiro atoms. The fourth-order valence-electron chi connectivity index (χ4n) is 4.15. The molecule has 3 heterocycles. The number of aromatic nitrogens is 1. The molecule has 1 aromatic carbocycles. The molecule has 1 atom stereocenters. The van der Waals surface area contributed by atoms with Gasteiger partial charge < -0.3 is 4.90 Å². The van der Waals surface area contributed by atoms with Crippen molar-refractivity contribution in [2.45, 2.75) is 45.1 Å². The molecule has 1 unspecified atom stereocenters. The van der Waals surface area contributed by atoms with Gasteiger partial charge in [-0.05, 0) is 55.6 Å². The van der Waals surface area contributed by atoms with E-state index in [0.717, 1.165) is 36.9 Å². The topological polar surface area (TPSA) is 19.4 Å². The van der Waals surface area contributed by atoms with E-state index in [-0.39, 0.29) is 0 Å². The van der Waals surface area contributed by atoms with Crippen molar-refractivity contribution in [2.24, 2.45) is 0 Å². The van der Waals surface area contributed by atoms with Crippen molar-refractivity contribution >= 4 is 16.7 Å². The predicted octanol–water partition coefficient (Wildman–Crippen LogP) is 3.86. The van der Waals surface area contributed by atoms with E-state index < -0.39 is 0 Å². The van der Waals surface area contributed by atoms with Gasteiger partial charge in [0.15, 0.2) is 0 Å². The van der Waals surface area contributed by atoms with E-state index in [1.54, 1.807) is 0 Å². The van der Waals surface area contributed by atoms with Crippen molar-refractivity contribution in [2.75, 3.05) is 31.1 Å². The first-order chi connectivity index (χ1) is 11.3. The lowest BCUT2D eigenvalue weighted by atomic mass is 9.99. The Kier molecular flexibility index (Phi) is 4.21. The minimum Gasteiger partial charge on any atom is -0.354 e. The number of hydrogen-bond acceptors (Lipinski definition) is 3. The van der Waals surface area contributed by atoms with E-state index in [1.165, 1.54) is 49.7 Å². The molecule has 4 rings (SSSR count). The highest BCUT2D eigenvalue weighted by Gasteiger charge is 2.29. The predicted molar refractivity (Wildman–Crippen MR) is 97.2 cm³/mol. The third kappa shape index (κ3) is 3.07. The van der Waals surface area contributed by atoms with Crippen LogP contribution in [-0.4, -0.2) is 42.1 Å². The van der Waals surface area contributed by atoms with Crippen LogP contribution in [0.3, 0.4) is 0 Å². The smallest absolute Gasteiger partial charge is 0.129 e. The van der Waals surface area contributed by atoms with E-state index in [0.29, 0.717) is 0 Å². The van der Waals surface area contributed by atoms with Gasteiger partial charge in [0, 0.05) is 31.1 Å². The Morgan fingerprint density at radius 3 is 2.96 bits per heavy atom. The van der Waals surface area contributed by atoms with Crippen LogP contribution in [-0.2, 0) is 6.42 Å². The number of aryl methyl sites for hydroxylation is 1. The molecular formula is C20H27N3. The minimum absolute atomic E-state index is 0.738. The second-order valence-corrected chi connectivity index (χ2v) is 7.08. The lowest BCUT2D eigenvalue weighted by molar-refractivity contribution is 0.133. The summed E-state index contributed by atoms with van der Waals surface area (Å²) in [6.07, 6.45) is 6.47. The maximum Gasteiger partial charge on any atom is 0.129 e. The molecule has 0 radical (unpaired) electrons. The fourth-order valence-corrected chi connectivity index (χ4v) is 4.15. The molecule has 0 aliphatic carbocycles. The highest BCUT2D eigenvalue weighted by atomic mass is 15.3. The van der Waals surface area contributed by atoms with Crippen molar-refractivity contribution in [3.63, 3.8) is 0 Å². The molecule has 2 aliphatic rings. The van der Waals surface area contributed by atoms with Crippen molar-refractivity contribution in [3.8, 4) is 0 Å². The summed E-state index contributed by atoms with van der Waals surface area (Å²) in [6.45, 7) is 6.98. The third-order valence-corrected chi connectivity index (χ3v) is 5.44. The number of fused-ring (bicyclic) bond motifs is 2. The Morgan fingerprint density at radius 1 is 1.09 bits per heavy atom. The molecule has 23 heavy (non-hydrogen) atoms. The molecule has 0 bridgehead atoms. The highest BCUT2D eigenvalue weighted by molar-refractivity contribution is 5.81. The van der Waals surface area contributed by atoms with Crippen LogP contribution in [0.1, 0.15) is 38.2 Å². The summed E-state index contributed by atoms with van der Waals surface area (Å²) in [6, 6.07) is 11.9. The van der Waals surface area contributed by atoms with E-state index in [2.05, 4.69) is 47.1 Å². The van der Waals surface area contributed by atoms with Gasteiger partial charge in [0.25, 0.3) is 0 Å². The molecule has 0 saturated carbocycles. The van der Waals surface area contributed by atoms with Crippen molar-refractivity contribution in [1.29, 1.82) is 0 Å². The molecular weight excluding hydrogens is 282 g/mol. The number of hydrogen-bond donors (Lipinski definition) is 0. The zero-order valence-corrected chi connectivity index (χ0v) is 14.2. The van der Waals surface area contributed by atoms with E-state index >= 15 is 0 Å². The van der Waals surface area contributed by atoms with Gasteiger partial charge in [-0.25, -0.2) is 4.98 Å². The monoisotopic (exact) mass is 309 g/mol. The molecule has 2 saturated heterocycles. The molecule has 0 amide bonds. The lowest BCUT2D eigenvalue weighted by Gasteiger charge is -2.44. The molecule has 0 N–H and O–H groups in total. The summed E-state index contributed by atoms with van der Waals surface area (Å²) in [5, 5.41) is 1.27. The summed E-state index contributed by atoms with van der Waals surface area (Å²) in [4.78, 5) is 10.1. The number of pyridine rings is 1. The van der Waals surface area contributed by atoms with E-state index in [9.17, 15) is 0 Å². The zero-order chi connectivity index (χ0) is 15.6. The summed E-state index contributed by atoms with van der Waals surface area (Å²) >= 11 is 0. The molecule has 2 aliphatic heterocycles. The second kappa shape index (κ2) is 6.48. The first-order valence-electron chi connectivity index (χ1n) is 9.22. The average molecular weight is 309 g/mol. The molecule has 2 aromatic rings. The summed E-state index contributed by atoms with van der Waals surface area (Å²) in [7, 11) is 0. The van der Waals surface area contributed by atoms with Crippen LogP contribution >= 0.6 is 0 Å². The standard InChI is InChI=1S/C20H27N3/c1-2-5-16-7-9-19-17(14-16)8-10-20(21-19)23-13-12-22-11-4-3-6-18(22)15-23/h7-10,14,18H,2-6,11-13,15H2,1H3. The van der Waals surface area contributed by atoms with Gasteiger partial charge in [0.1, 0.15) is 5.82 Å². The largest absolute Gasteiger partial charge is 0.354 e. The fraction of sp³-hybridized carbons (Fsp3) is 0.550. The maximum atomic E-state index is 4.95. The lowest BCUT2D eigenvalue weighted by Crippen LogP contribution is -2.55. The Bertz CT molecular complexity index is 682. The molecule has 3 heteroatoms. The number of piperazine rings is 1. The Balaban J connectivity index is 1.55. The summed E-state index contributed by atoms with van der Waals surface area (Å²) in [5.74, 6) is 1.16. The maximum absolute atomic E-state index is 4.95. The quantitative estimate of drug-likeness (QED) is 0.858. The minimum atomic E-state index is 0.738. The molecule has 3 nitrogen and oxygen atoms in total. The summed E-state index contributed by atoms with van der Waals surface area (Å²) in [5.41, 5.74) is 2.55. The van der Waals surface area contributed by atoms with Crippen LogP contribution in [0, 0.1) is 0 Å². The number of piperidine rings is 1. The first-order valence-corrected chi connectivity index (χ1v) is 9.22. The average Bonchev–Trinajstić information content (AvgIpc) is 2.61. The van der Waals surface area contributed by atoms with Gasteiger partial charge in [0.05, 0.1) is 5.52 Å². The highest BCUT2D eigenvalue weighted by Crippen LogP contribution is 2.25. The molecule has 1 aromatic heterocycles. The normalized spacial score (nSPS) is 22.3. The van der Waals surface area contributed by atoms with E-state index in [4.69, 9.17) is 4.98 Å². The van der Waals surface area contributed by atoms with Crippen molar-refractivity contribution in [3.05, 3.63) is 35.9 Å². The third-order valence-electron chi connectivity index (χ3n) is 5.44. The number of anilines is 1. The van der Waals surface area contributed by atoms with Crippen molar-refractivity contribution < 1.29 is 0 Å². The molecule has 122 valence electrons. The second-order valence-electron chi connectivity index (χ2n) is 7.08. The number of nitrogens with zero attached hydrogens (tertiary/aromatic N) is 3. The number of rotatable bonds is 3. The zero-order valence-electron chi connectivity index (χ0n) is 14.2. The van der Waals surface area contributed by atoms with Crippen LogP contribution in [0.15, 0.2) is 30.3 Å². The van der Waals surface area contributed by atoms with Crippen LogP contribution < -0.4 is 4.90 Å². The van der Waals surface area contributed by atoms with Gasteiger partial charge in [0.2, 0.25) is 0 Å². The van der Waals surface area contributed by atoms with Gasteiger partial charge >= 0.3 is 0 Å². The number of benzene rings is 1. The van der Waals surface area contributed by atoms with Crippen LogP contribution in [0.4, 0.5) is 5.82 Å². The van der Waals surface area contributed by atoms with Gasteiger partial charge in [-0.1, -0.05) is 25.8 Å². The Labute approximate surface area is 139 Å². The Morgan fingerprint density at radius 2 is 2.04 bits per heavy atom. The van der Waals surface area contributed by atoms with Gasteiger partial charge in [-0.2, -0.15) is 0 Å². The summed E-state index contributed by atoms with van der Waals surface area (Å²) < 4.78 is 0. The van der Waals surface area contributed by atoms with Crippen LogP contribution in [0.25, 0.3) is 10.9 Å².